The molecule has 1 aromatic heterocycles. The van der Waals surface area contributed by atoms with E-state index in [-0.39, 0.29) is 11.5 Å². The van der Waals surface area contributed by atoms with Gasteiger partial charge in [0.15, 0.2) is 9.84 Å². The second kappa shape index (κ2) is 4.10. The molecule has 0 spiro atoms. The Morgan fingerprint density at radius 1 is 1.59 bits per heavy atom. The summed E-state index contributed by atoms with van der Waals surface area (Å²) in [5, 5.41) is 14.6. The third-order valence-electron chi connectivity index (χ3n) is 3.27. The largest absolute Gasteiger partial charge is 0.388 e. The van der Waals surface area contributed by atoms with Crippen LogP contribution in [-0.4, -0.2) is 40.4 Å². The molecule has 1 aliphatic heterocycles. The molecule has 17 heavy (non-hydrogen) atoms. The van der Waals surface area contributed by atoms with E-state index in [1.807, 2.05) is 20.0 Å². The first-order valence-electron chi connectivity index (χ1n) is 5.78. The van der Waals surface area contributed by atoms with Gasteiger partial charge < -0.3 is 5.11 Å². The summed E-state index contributed by atoms with van der Waals surface area (Å²) in [5.41, 5.74) is 0.742. The maximum absolute atomic E-state index is 11.4. The van der Waals surface area contributed by atoms with Crippen LogP contribution in [0.3, 0.4) is 0 Å². The van der Waals surface area contributed by atoms with Gasteiger partial charge in [0.25, 0.3) is 0 Å². The standard InChI is InChI=1S/C11H18N2O3S/c1-3-9-6-10(13(2)12-9)7-11(14)4-5-17(15,16)8-11/h6,14H,3-5,7-8H2,1-2H3. The molecule has 2 rings (SSSR count). The fourth-order valence-corrected chi connectivity index (χ4v) is 4.19. The summed E-state index contributed by atoms with van der Waals surface area (Å²) in [5.74, 6) is -0.0470. The molecule has 1 atom stereocenters. The molecule has 96 valence electrons. The van der Waals surface area contributed by atoms with Gasteiger partial charge in [-0.05, 0) is 18.9 Å². The highest BCUT2D eigenvalue weighted by Crippen LogP contribution is 2.27. The molecule has 0 amide bonds. The Bertz CT molecular complexity index is 521. The van der Waals surface area contributed by atoms with E-state index in [1.54, 1.807) is 4.68 Å². The van der Waals surface area contributed by atoms with Gasteiger partial charge in [-0.2, -0.15) is 5.10 Å². The van der Waals surface area contributed by atoms with Gasteiger partial charge in [0.2, 0.25) is 0 Å². The summed E-state index contributed by atoms with van der Waals surface area (Å²) in [6.45, 7) is 2.01. The van der Waals surface area contributed by atoms with Crippen molar-refractivity contribution >= 4 is 9.84 Å². The molecule has 0 aromatic carbocycles. The molecule has 0 aliphatic carbocycles. The first-order chi connectivity index (χ1) is 7.84. The summed E-state index contributed by atoms with van der Waals surface area (Å²) in [7, 11) is -1.24. The summed E-state index contributed by atoms with van der Waals surface area (Å²) in [6.07, 6.45) is 1.52. The molecule has 1 unspecified atom stereocenters. The highest BCUT2D eigenvalue weighted by molar-refractivity contribution is 7.91. The number of aliphatic hydroxyl groups is 1. The molecular weight excluding hydrogens is 240 g/mol. The second-order valence-electron chi connectivity index (χ2n) is 4.85. The molecule has 1 aliphatic rings. The Labute approximate surface area is 101 Å². The summed E-state index contributed by atoms with van der Waals surface area (Å²) in [4.78, 5) is 0. The van der Waals surface area contributed by atoms with E-state index in [1.165, 1.54) is 0 Å². The van der Waals surface area contributed by atoms with Crippen molar-refractivity contribution in [3.8, 4) is 0 Å². The molecule has 5 nitrogen and oxygen atoms in total. The minimum Gasteiger partial charge on any atom is -0.388 e. The molecular formula is C11H18N2O3S. The van der Waals surface area contributed by atoms with Gasteiger partial charge in [-0.1, -0.05) is 6.92 Å². The smallest absolute Gasteiger partial charge is 0.153 e. The lowest BCUT2D eigenvalue weighted by atomic mass is 9.97. The molecule has 0 saturated carbocycles. The third-order valence-corrected chi connectivity index (χ3v) is 5.07. The quantitative estimate of drug-likeness (QED) is 0.833. The van der Waals surface area contributed by atoms with E-state index < -0.39 is 15.4 Å². The monoisotopic (exact) mass is 258 g/mol. The summed E-state index contributed by atoms with van der Waals surface area (Å²) < 4.78 is 24.5. The Morgan fingerprint density at radius 3 is 2.76 bits per heavy atom. The lowest BCUT2D eigenvalue weighted by Gasteiger charge is -2.20. The van der Waals surface area contributed by atoms with Crippen molar-refractivity contribution in [2.24, 2.45) is 7.05 Å². The number of hydrogen-bond donors (Lipinski definition) is 1. The molecule has 6 heteroatoms. The van der Waals surface area contributed by atoms with Gasteiger partial charge in [0, 0.05) is 19.2 Å². The number of nitrogens with zero attached hydrogens (tertiary/aromatic N) is 2. The SMILES string of the molecule is CCc1cc(CC2(O)CCS(=O)(=O)C2)n(C)n1. The van der Waals surface area contributed by atoms with Crippen LogP contribution in [0.2, 0.25) is 0 Å². The van der Waals surface area contributed by atoms with Gasteiger partial charge in [0.05, 0.1) is 22.8 Å². The first kappa shape index (κ1) is 12.6. The van der Waals surface area contributed by atoms with Crippen molar-refractivity contribution in [2.45, 2.75) is 31.8 Å². The van der Waals surface area contributed by atoms with Crippen LogP contribution in [-0.2, 0) is 29.7 Å². The van der Waals surface area contributed by atoms with Crippen LogP contribution in [0, 0.1) is 0 Å². The number of aromatic nitrogens is 2. The topological polar surface area (TPSA) is 72.2 Å². The van der Waals surface area contributed by atoms with E-state index in [0.717, 1.165) is 17.8 Å². The minimum absolute atomic E-state index is 0.0853. The third kappa shape index (κ3) is 2.69. The average molecular weight is 258 g/mol. The number of rotatable bonds is 3. The zero-order valence-corrected chi connectivity index (χ0v) is 11.0. The highest BCUT2D eigenvalue weighted by Gasteiger charge is 2.41. The predicted molar refractivity (Wildman–Crippen MR) is 64.5 cm³/mol. The fraction of sp³-hybridized carbons (Fsp3) is 0.727. The van der Waals surface area contributed by atoms with Gasteiger partial charge in [0.1, 0.15) is 0 Å². The molecule has 1 N–H and O–H groups in total. The zero-order chi connectivity index (χ0) is 12.7. The van der Waals surface area contributed by atoms with Crippen LogP contribution in [0.15, 0.2) is 6.07 Å². The van der Waals surface area contributed by atoms with Crippen LogP contribution in [0.5, 0.6) is 0 Å². The molecule has 0 radical (unpaired) electrons. The highest BCUT2D eigenvalue weighted by atomic mass is 32.2. The molecule has 2 heterocycles. The van der Waals surface area contributed by atoms with E-state index in [9.17, 15) is 13.5 Å². The molecule has 0 bridgehead atoms. The molecule has 1 fully saturated rings. The van der Waals surface area contributed by atoms with Crippen LogP contribution in [0.25, 0.3) is 0 Å². The number of aryl methyl sites for hydroxylation is 2. The predicted octanol–water partition coefficient (Wildman–Crippen LogP) is 0.0746. The lowest BCUT2D eigenvalue weighted by Crippen LogP contribution is -2.33. The van der Waals surface area contributed by atoms with Crippen molar-refractivity contribution in [2.75, 3.05) is 11.5 Å². The van der Waals surface area contributed by atoms with E-state index >= 15 is 0 Å². The van der Waals surface area contributed by atoms with E-state index in [0.29, 0.717) is 12.8 Å². The molecule has 1 aromatic rings. The van der Waals surface area contributed by atoms with Gasteiger partial charge in [-0.3, -0.25) is 4.68 Å². The van der Waals surface area contributed by atoms with Crippen molar-refractivity contribution in [3.63, 3.8) is 0 Å². The van der Waals surface area contributed by atoms with Gasteiger partial charge >= 0.3 is 0 Å². The Morgan fingerprint density at radius 2 is 2.29 bits per heavy atom. The average Bonchev–Trinajstić information content (AvgIpc) is 2.69. The van der Waals surface area contributed by atoms with Gasteiger partial charge in [-0.25, -0.2) is 8.42 Å². The normalized spacial score (nSPS) is 27.5. The zero-order valence-electron chi connectivity index (χ0n) is 10.2. The van der Waals surface area contributed by atoms with Crippen molar-refractivity contribution in [3.05, 3.63) is 17.5 Å². The van der Waals surface area contributed by atoms with Crippen LogP contribution in [0.4, 0.5) is 0 Å². The maximum Gasteiger partial charge on any atom is 0.153 e. The van der Waals surface area contributed by atoms with Crippen molar-refractivity contribution in [1.29, 1.82) is 0 Å². The van der Waals surface area contributed by atoms with Crippen molar-refractivity contribution in [1.82, 2.24) is 9.78 Å². The van der Waals surface area contributed by atoms with E-state index in [4.69, 9.17) is 0 Å². The van der Waals surface area contributed by atoms with Crippen LogP contribution < -0.4 is 0 Å². The summed E-state index contributed by atoms with van der Waals surface area (Å²) >= 11 is 0. The Balaban J connectivity index is 2.18. The molecule has 1 saturated heterocycles. The summed E-state index contributed by atoms with van der Waals surface area (Å²) in [6, 6.07) is 1.93. The Kier molecular flexibility index (Phi) is 3.03. The minimum atomic E-state index is -3.07. The maximum atomic E-state index is 11.4. The fourth-order valence-electron chi connectivity index (χ4n) is 2.29. The van der Waals surface area contributed by atoms with Crippen LogP contribution >= 0.6 is 0 Å². The number of sulfone groups is 1. The second-order valence-corrected chi connectivity index (χ2v) is 7.03. The van der Waals surface area contributed by atoms with Crippen LogP contribution in [0.1, 0.15) is 24.7 Å². The van der Waals surface area contributed by atoms with Gasteiger partial charge in [-0.15, -0.1) is 0 Å². The Hall–Kier alpha value is -0.880. The van der Waals surface area contributed by atoms with E-state index in [2.05, 4.69) is 5.10 Å². The lowest BCUT2D eigenvalue weighted by molar-refractivity contribution is 0.0662. The number of hydrogen-bond acceptors (Lipinski definition) is 4. The van der Waals surface area contributed by atoms with Crippen molar-refractivity contribution < 1.29 is 13.5 Å². The first-order valence-corrected chi connectivity index (χ1v) is 7.60.